The number of fused-ring (bicyclic) bond motifs is 3. The summed E-state index contributed by atoms with van der Waals surface area (Å²) in [7, 11) is 0. The molecule has 324 valence electrons. The van der Waals surface area contributed by atoms with Crippen molar-refractivity contribution in [3.63, 3.8) is 0 Å². The summed E-state index contributed by atoms with van der Waals surface area (Å²) in [5.41, 5.74) is 1.76. The van der Waals surface area contributed by atoms with E-state index in [-0.39, 0.29) is 53.3 Å². The molecule has 4 fully saturated rings. The Balaban J connectivity index is 0.739. The van der Waals surface area contributed by atoms with Crippen LogP contribution in [0.4, 0.5) is 20.2 Å². The number of piperidine rings is 2. The smallest absolute Gasteiger partial charge is 0.262 e. The maximum atomic E-state index is 15.9. The van der Waals surface area contributed by atoms with Gasteiger partial charge in [0.25, 0.3) is 17.7 Å². The third-order valence-corrected chi connectivity index (χ3v) is 14.5. The number of imide groups is 2. The van der Waals surface area contributed by atoms with Gasteiger partial charge in [-0.25, -0.2) is 8.78 Å². The number of piperazine rings is 1. The van der Waals surface area contributed by atoms with Gasteiger partial charge < -0.3 is 19.9 Å². The van der Waals surface area contributed by atoms with Crippen LogP contribution in [-0.2, 0) is 15.0 Å². The van der Waals surface area contributed by atoms with Gasteiger partial charge >= 0.3 is 0 Å². The molecule has 0 spiro atoms. The third kappa shape index (κ3) is 6.33. The second kappa shape index (κ2) is 14.8. The first-order valence-corrected chi connectivity index (χ1v) is 21.6. The molecule has 0 bridgehead atoms. The van der Waals surface area contributed by atoms with Gasteiger partial charge in [-0.05, 0) is 86.2 Å². The number of hydrogen-bond donors (Lipinski definition) is 2. The summed E-state index contributed by atoms with van der Waals surface area (Å²) in [6, 6.07) is 13.4. The number of carbonyl (C=O) groups is 5. The molecule has 3 aromatic carbocycles. The highest BCUT2D eigenvalue weighted by Crippen LogP contribution is 2.61. The van der Waals surface area contributed by atoms with Crippen molar-refractivity contribution in [1.82, 2.24) is 25.4 Å². The van der Waals surface area contributed by atoms with Crippen molar-refractivity contribution in [3.8, 4) is 11.8 Å². The van der Waals surface area contributed by atoms with Gasteiger partial charge in [-0.3, -0.25) is 44.1 Å². The number of benzene rings is 3. The van der Waals surface area contributed by atoms with E-state index < -0.39 is 52.1 Å². The average molecular weight is 857 g/mol. The van der Waals surface area contributed by atoms with Gasteiger partial charge in [0.2, 0.25) is 11.8 Å². The lowest BCUT2D eigenvalue weighted by Gasteiger charge is -2.66. The van der Waals surface area contributed by atoms with Crippen molar-refractivity contribution < 1.29 is 37.5 Å². The fourth-order valence-electron chi connectivity index (χ4n) is 11.4. The molecular formula is C47H46F2N8O6. The number of anilines is 2. The van der Waals surface area contributed by atoms with E-state index in [1.807, 2.05) is 21.9 Å². The zero-order valence-electron chi connectivity index (χ0n) is 35.2. The van der Waals surface area contributed by atoms with E-state index in [0.29, 0.717) is 67.7 Å². The molecule has 63 heavy (non-hydrogen) atoms. The van der Waals surface area contributed by atoms with Crippen molar-refractivity contribution in [2.75, 3.05) is 55.6 Å². The molecule has 2 N–H and O–H groups in total. The van der Waals surface area contributed by atoms with Gasteiger partial charge in [-0.1, -0.05) is 13.8 Å². The van der Waals surface area contributed by atoms with Gasteiger partial charge in [0.15, 0.2) is 0 Å². The maximum Gasteiger partial charge on any atom is 0.262 e. The Kier molecular flexibility index (Phi) is 9.55. The Morgan fingerprint density at radius 2 is 1.59 bits per heavy atom. The number of rotatable bonds is 7. The fraction of sp³-hybridized carbons (Fsp3) is 0.426. The number of carbonyl (C=O) groups excluding carboxylic acids is 5. The molecule has 5 aliphatic heterocycles. The molecule has 3 saturated heterocycles. The molecule has 4 atom stereocenters. The summed E-state index contributed by atoms with van der Waals surface area (Å²) in [5, 5.41) is 15.9. The number of nitrogens with zero attached hydrogens (tertiary/aromatic N) is 6. The van der Waals surface area contributed by atoms with Crippen LogP contribution in [0.5, 0.6) is 5.75 Å². The summed E-state index contributed by atoms with van der Waals surface area (Å²) < 4.78 is 37.9. The second-order valence-electron chi connectivity index (χ2n) is 18.5. The molecule has 10 rings (SSSR count). The molecule has 14 nitrogen and oxygen atoms in total. The van der Waals surface area contributed by atoms with Gasteiger partial charge in [0.1, 0.15) is 35.6 Å². The van der Waals surface area contributed by atoms with Crippen LogP contribution in [-0.4, -0.2) is 108 Å². The maximum absolute atomic E-state index is 15.9. The van der Waals surface area contributed by atoms with Crippen molar-refractivity contribution in [2.24, 2.45) is 11.3 Å². The average Bonchev–Trinajstić information content (AvgIpc) is 3.51. The number of hydrogen-bond acceptors (Lipinski definition) is 11. The van der Waals surface area contributed by atoms with Crippen LogP contribution < -0.4 is 25.2 Å². The minimum atomic E-state index is -1.12. The van der Waals surface area contributed by atoms with E-state index in [1.165, 1.54) is 12.1 Å². The standard InChI is InChI=1S/C47H46F2N8O6/c1-46(2)44(47(3)30-10-13-51-39-27(23-50)5-8-36(38(30)39)63-45(46)47)53-40(59)26-4-6-33(31(48)20-26)55-14-11-25(12-15-55)24-54-16-18-56(19-17-54)35-22-29-28(21-32(35)49)42(61)57(43(29)62)34-7-9-37(58)52-41(34)60/h4-6,8,10,13,20-22,25,34,44-45H,7,9,11-12,14-19,24H2,1-3H3,(H,53,59)(H,52,58,60)/t34?,44-,45-,47?/m0/s1. The predicted octanol–water partition coefficient (Wildman–Crippen LogP) is 4.68. The Bertz CT molecular complexity index is 2700. The lowest BCUT2D eigenvalue weighted by Crippen LogP contribution is -2.78. The van der Waals surface area contributed by atoms with Crippen LogP contribution in [0.1, 0.15) is 88.7 Å². The summed E-state index contributed by atoms with van der Waals surface area (Å²) in [6.45, 7) is 10.7. The molecule has 2 unspecified atom stereocenters. The number of nitriles is 1. The predicted molar refractivity (Wildman–Crippen MR) is 226 cm³/mol. The van der Waals surface area contributed by atoms with Gasteiger partial charge in [0, 0.05) is 74.8 Å². The molecule has 6 aliphatic rings. The van der Waals surface area contributed by atoms with E-state index >= 15 is 8.78 Å². The van der Waals surface area contributed by atoms with E-state index in [4.69, 9.17) is 4.74 Å². The minimum absolute atomic E-state index is 0.000470. The number of ether oxygens (including phenoxy) is 1. The van der Waals surface area contributed by atoms with Gasteiger partial charge in [-0.15, -0.1) is 0 Å². The highest BCUT2D eigenvalue weighted by atomic mass is 19.1. The van der Waals surface area contributed by atoms with Crippen molar-refractivity contribution in [2.45, 2.75) is 70.1 Å². The summed E-state index contributed by atoms with van der Waals surface area (Å²) in [4.78, 5) is 75.9. The van der Waals surface area contributed by atoms with Crippen LogP contribution >= 0.6 is 0 Å². The normalized spacial score (nSPS) is 25.5. The van der Waals surface area contributed by atoms with E-state index in [9.17, 15) is 29.2 Å². The lowest BCUT2D eigenvalue weighted by atomic mass is 9.45. The number of nitrogens with one attached hydrogen (secondary N) is 2. The van der Waals surface area contributed by atoms with Gasteiger partial charge in [0.05, 0.1) is 45.0 Å². The number of aromatic nitrogens is 1. The first-order chi connectivity index (χ1) is 30.2. The molecule has 16 heteroatoms. The topological polar surface area (TPSA) is 168 Å². The molecule has 1 aliphatic carbocycles. The van der Waals surface area contributed by atoms with E-state index in [1.54, 1.807) is 24.4 Å². The first-order valence-electron chi connectivity index (χ1n) is 21.6. The Labute approximate surface area is 362 Å². The quantitative estimate of drug-likeness (QED) is 0.248. The summed E-state index contributed by atoms with van der Waals surface area (Å²) >= 11 is 0. The number of pyridine rings is 1. The Hall–Kier alpha value is -6.47. The minimum Gasteiger partial charge on any atom is -0.488 e. The van der Waals surface area contributed by atoms with Gasteiger partial charge in [-0.2, -0.15) is 5.26 Å². The van der Waals surface area contributed by atoms with E-state index in [0.717, 1.165) is 41.3 Å². The van der Waals surface area contributed by atoms with Crippen LogP contribution in [0.15, 0.2) is 54.7 Å². The van der Waals surface area contributed by atoms with Crippen molar-refractivity contribution in [1.29, 1.82) is 5.26 Å². The monoisotopic (exact) mass is 856 g/mol. The SMILES string of the molecule is CC1(C)[C@H](NC(=O)c2ccc(N3CCC(CN4CCN(c5cc6c(cc5F)C(=O)N(C5CCC(=O)NC5=O)C6=O)CC4)CC3)c(F)c2)C2(C)c3ccnc4c(C#N)ccc(c34)O[C@@H]12. The molecule has 6 heterocycles. The first kappa shape index (κ1) is 40.6. The highest BCUT2D eigenvalue weighted by molar-refractivity contribution is 6.23. The molecule has 5 amide bonds. The van der Waals surface area contributed by atoms with Crippen LogP contribution in [0.3, 0.4) is 0 Å². The third-order valence-electron chi connectivity index (χ3n) is 14.5. The Morgan fingerprint density at radius 1 is 0.889 bits per heavy atom. The molecular weight excluding hydrogens is 811 g/mol. The molecule has 1 saturated carbocycles. The van der Waals surface area contributed by atoms with Crippen LogP contribution in [0, 0.1) is 34.3 Å². The molecule has 1 aromatic heterocycles. The lowest BCUT2D eigenvalue weighted by molar-refractivity contribution is -0.136. The largest absolute Gasteiger partial charge is 0.488 e. The summed E-state index contributed by atoms with van der Waals surface area (Å²) in [5.74, 6) is -3.01. The fourth-order valence-corrected chi connectivity index (χ4v) is 11.4. The highest BCUT2D eigenvalue weighted by Gasteiger charge is 2.69. The molecule has 4 aromatic rings. The Morgan fingerprint density at radius 3 is 2.29 bits per heavy atom. The summed E-state index contributed by atoms with van der Waals surface area (Å²) in [6.07, 6.45) is 3.16. The zero-order valence-corrected chi connectivity index (χ0v) is 35.2. The molecule has 0 radical (unpaired) electrons. The van der Waals surface area contributed by atoms with Crippen LogP contribution in [0.25, 0.3) is 10.9 Å². The van der Waals surface area contributed by atoms with Crippen molar-refractivity contribution >= 4 is 51.8 Å². The number of halogens is 2. The van der Waals surface area contributed by atoms with E-state index in [2.05, 4.69) is 47.4 Å². The number of amides is 5. The second-order valence-corrected chi connectivity index (χ2v) is 18.5. The van der Waals surface area contributed by atoms with Crippen molar-refractivity contribution in [3.05, 3.63) is 94.2 Å². The zero-order chi connectivity index (χ0) is 44.1. The van der Waals surface area contributed by atoms with Crippen LogP contribution in [0.2, 0.25) is 0 Å².